The first-order chi connectivity index (χ1) is 11.8. The number of anilines is 1. The minimum atomic E-state index is 0. The Kier molecular flexibility index (Phi) is 10.1. The van der Waals surface area contributed by atoms with E-state index in [0.29, 0.717) is 12.3 Å². The molecule has 0 aliphatic carbocycles. The lowest BCUT2D eigenvalue weighted by atomic mass is 10.2. The molecule has 8 heteroatoms. The van der Waals surface area contributed by atoms with Gasteiger partial charge in [-0.15, -0.1) is 24.8 Å². The number of hydrogen-bond acceptors (Lipinski definition) is 5. The van der Waals surface area contributed by atoms with Crippen molar-refractivity contribution in [2.45, 2.75) is 6.42 Å². The monoisotopic (exact) mass is 404 g/mol. The number of rotatable bonds is 5. The number of benzene rings is 1. The molecule has 0 aromatic heterocycles. The molecule has 0 saturated carbocycles. The first kappa shape index (κ1) is 22.8. The second kappa shape index (κ2) is 11.5. The highest BCUT2D eigenvalue weighted by Crippen LogP contribution is 2.28. The van der Waals surface area contributed by atoms with Gasteiger partial charge in [0.05, 0.1) is 12.8 Å². The van der Waals surface area contributed by atoms with Crippen LogP contribution in [0.25, 0.3) is 0 Å². The summed E-state index contributed by atoms with van der Waals surface area (Å²) in [7, 11) is 1.72. The zero-order valence-electron chi connectivity index (χ0n) is 15.4. The number of hydrogen-bond donors (Lipinski definition) is 1. The summed E-state index contributed by atoms with van der Waals surface area (Å²) in [6.07, 6.45) is 0.634. The number of ether oxygens (including phenoxy) is 1. The van der Waals surface area contributed by atoms with Crippen LogP contribution in [0.15, 0.2) is 24.3 Å². The van der Waals surface area contributed by atoms with Gasteiger partial charge in [0.15, 0.2) is 0 Å². The quantitative estimate of drug-likeness (QED) is 0.805. The molecule has 2 saturated heterocycles. The van der Waals surface area contributed by atoms with Crippen molar-refractivity contribution in [3.63, 3.8) is 0 Å². The van der Waals surface area contributed by atoms with Crippen molar-refractivity contribution in [3.05, 3.63) is 24.3 Å². The van der Waals surface area contributed by atoms with Crippen molar-refractivity contribution in [1.82, 2.24) is 15.1 Å². The number of para-hydroxylation sites is 2. The van der Waals surface area contributed by atoms with Gasteiger partial charge >= 0.3 is 0 Å². The van der Waals surface area contributed by atoms with Crippen LogP contribution in [-0.2, 0) is 4.79 Å². The molecule has 2 aliphatic rings. The molecule has 148 valence electrons. The SMILES string of the molecule is COc1ccccc1N1CCN(CCC(=O)N2CCNCC2)CC1.Cl.Cl. The highest BCUT2D eigenvalue weighted by atomic mass is 35.5. The molecule has 2 fully saturated rings. The van der Waals surface area contributed by atoms with E-state index in [0.717, 1.165) is 70.3 Å². The van der Waals surface area contributed by atoms with Crippen LogP contribution in [0.3, 0.4) is 0 Å². The van der Waals surface area contributed by atoms with Gasteiger partial charge in [-0.2, -0.15) is 0 Å². The fraction of sp³-hybridized carbons (Fsp3) is 0.611. The van der Waals surface area contributed by atoms with Crippen LogP contribution in [-0.4, -0.2) is 81.7 Å². The summed E-state index contributed by atoms with van der Waals surface area (Å²) in [5, 5.41) is 3.28. The van der Waals surface area contributed by atoms with Crippen LogP contribution in [0, 0.1) is 0 Å². The molecule has 0 atom stereocenters. The lowest BCUT2D eigenvalue weighted by Gasteiger charge is -2.37. The number of carbonyl (C=O) groups is 1. The maximum absolute atomic E-state index is 12.3. The van der Waals surface area contributed by atoms with Crippen LogP contribution < -0.4 is 15.0 Å². The summed E-state index contributed by atoms with van der Waals surface area (Å²) in [6.45, 7) is 8.33. The van der Waals surface area contributed by atoms with E-state index in [2.05, 4.69) is 27.2 Å². The van der Waals surface area contributed by atoms with Gasteiger partial charge in [-0.05, 0) is 12.1 Å². The summed E-state index contributed by atoms with van der Waals surface area (Å²) in [5.74, 6) is 1.23. The van der Waals surface area contributed by atoms with Gasteiger partial charge in [-0.25, -0.2) is 0 Å². The number of nitrogens with one attached hydrogen (secondary N) is 1. The van der Waals surface area contributed by atoms with Gasteiger partial charge in [0.25, 0.3) is 0 Å². The van der Waals surface area contributed by atoms with Crippen molar-refractivity contribution in [3.8, 4) is 5.75 Å². The van der Waals surface area contributed by atoms with Crippen LogP contribution >= 0.6 is 24.8 Å². The third-order valence-corrected chi connectivity index (χ3v) is 4.91. The molecule has 0 bridgehead atoms. The zero-order valence-corrected chi connectivity index (χ0v) is 17.0. The fourth-order valence-electron chi connectivity index (χ4n) is 3.43. The smallest absolute Gasteiger partial charge is 0.223 e. The van der Waals surface area contributed by atoms with Crippen molar-refractivity contribution >= 4 is 36.4 Å². The Morgan fingerprint density at radius 3 is 2.35 bits per heavy atom. The number of piperazine rings is 2. The molecule has 6 nitrogen and oxygen atoms in total. The van der Waals surface area contributed by atoms with Gasteiger partial charge in [0, 0.05) is 65.3 Å². The van der Waals surface area contributed by atoms with Crippen molar-refractivity contribution < 1.29 is 9.53 Å². The third-order valence-electron chi connectivity index (χ3n) is 4.91. The van der Waals surface area contributed by atoms with Gasteiger partial charge in [0.1, 0.15) is 5.75 Å². The summed E-state index contributed by atoms with van der Waals surface area (Å²) < 4.78 is 5.46. The maximum atomic E-state index is 12.3. The average molecular weight is 405 g/mol. The number of methoxy groups -OCH3 is 1. The van der Waals surface area contributed by atoms with E-state index in [1.54, 1.807) is 7.11 Å². The maximum Gasteiger partial charge on any atom is 0.223 e. The summed E-state index contributed by atoms with van der Waals surface area (Å²) in [4.78, 5) is 19.0. The van der Waals surface area contributed by atoms with E-state index in [-0.39, 0.29) is 24.8 Å². The Bertz CT molecular complexity index is 548. The van der Waals surface area contributed by atoms with E-state index in [4.69, 9.17) is 4.74 Å². The number of carbonyl (C=O) groups excluding carboxylic acids is 1. The first-order valence-corrected chi connectivity index (χ1v) is 8.87. The zero-order chi connectivity index (χ0) is 16.8. The standard InChI is InChI=1S/C18H28N4O2.2ClH/c1-24-17-5-3-2-4-16(17)21-14-12-20(13-15-21)9-6-18(23)22-10-7-19-8-11-22;;/h2-5,19H,6-15H2,1H3;2*1H. The van der Waals surface area contributed by atoms with Crippen LogP contribution in [0.5, 0.6) is 5.75 Å². The average Bonchev–Trinajstić information content (AvgIpc) is 2.67. The molecular formula is C18H30Cl2N4O2. The van der Waals surface area contributed by atoms with E-state index in [1.807, 2.05) is 17.0 Å². The van der Waals surface area contributed by atoms with E-state index < -0.39 is 0 Å². The third kappa shape index (κ3) is 5.91. The van der Waals surface area contributed by atoms with Crippen LogP contribution in [0.4, 0.5) is 5.69 Å². The molecule has 0 radical (unpaired) electrons. The predicted molar refractivity (Wildman–Crippen MR) is 110 cm³/mol. The Morgan fingerprint density at radius 1 is 1.04 bits per heavy atom. The first-order valence-electron chi connectivity index (χ1n) is 8.87. The van der Waals surface area contributed by atoms with Gasteiger partial charge in [0.2, 0.25) is 5.91 Å². The summed E-state index contributed by atoms with van der Waals surface area (Å²) in [6, 6.07) is 8.17. The highest BCUT2D eigenvalue weighted by molar-refractivity contribution is 5.85. The number of amides is 1. The fourth-order valence-corrected chi connectivity index (χ4v) is 3.43. The highest BCUT2D eigenvalue weighted by Gasteiger charge is 2.21. The molecule has 0 spiro atoms. The Labute approximate surface area is 168 Å². The summed E-state index contributed by atoms with van der Waals surface area (Å²) in [5.41, 5.74) is 1.16. The lowest BCUT2D eigenvalue weighted by molar-refractivity contribution is -0.132. The molecular weight excluding hydrogens is 375 g/mol. The molecule has 1 amide bonds. The second-order valence-corrected chi connectivity index (χ2v) is 6.38. The molecule has 2 aliphatic heterocycles. The minimum Gasteiger partial charge on any atom is -0.495 e. The number of nitrogens with zero attached hydrogens (tertiary/aromatic N) is 3. The van der Waals surface area contributed by atoms with Crippen molar-refractivity contribution in [1.29, 1.82) is 0 Å². The normalized spacial score (nSPS) is 17.9. The number of halogens is 2. The van der Waals surface area contributed by atoms with Gasteiger partial charge in [-0.3, -0.25) is 9.69 Å². The molecule has 1 aromatic carbocycles. The Hall–Kier alpha value is -1.21. The Balaban J connectivity index is 0.00000169. The Morgan fingerprint density at radius 2 is 1.69 bits per heavy atom. The van der Waals surface area contributed by atoms with Crippen molar-refractivity contribution in [2.75, 3.05) is 70.9 Å². The second-order valence-electron chi connectivity index (χ2n) is 6.38. The van der Waals surface area contributed by atoms with Crippen LogP contribution in [0.1, 0.15) is 6.42 Å². The molecule has 0 unspecified atom stereocenters. The van der Waals surface area contributed by atoms with Gasteiger partial charge in [-0.1, -0.05) is 12.1 Å². The van der Waals surface area contributed by atoms with E-state index in [9.17, 15) is 4.79 Å². The van der Waals surface area contributed by atoms with Gasteiger partial charge < -0.3 is 19.9 Å². The molecule has 3 rings (SSSR count). The predicted octanol–water partition coefficient (Wildman–Crippen LogP) is 1.48. The molecule has 2 heterocycles. The van der Waals surface area contributed by atoms with Crippen LogP contribution in [0.2, 0.25) is 0 Å². The minimum absolute atomic E-state index is 0. The molecule has 1 N–H and O–H groups in total. The van der Waals surface area contributed by atoms with E-state index in [1.165, 1.54) is 0 Å². The lowest BCUT2D eigenvalue weighted by Crippen LogP contribution is -2.49. The van der Waals surface area contributed by atoms with Crippen molar-refractivity contribution in [2.24, 2.45) is 0 Å². The molecule has 1 aromatic rings. The topological polar surface area (TPSA) is 48.1 Å². The summed E-state index contributed by atoms with van der Waals surface area (Å²) >= 11 is 0. The largest absolute Gasteiger partial charge is 0.495 e. The molecule has 26 heavy (non-hydrogen) atoms. The van der Waals surface area contributed by atoms with E-state index >= 15 is 0 Å².